The van der Waals surface area contributed by atoms with E-state index >= 15 is 0 Å². The van der Waals surface area contributed by atoms with Crippen LogP contribution in [0.25, 0.3) is 5.53 Å². The Hall–Kier alpha value is -1.20. The number of unbranched alkanes of at least 4 members (excludes halogenated alkanes) is 1. The highest BCUT2D eigenvalue weighted by Gasteiger charge is 2.48. The third kappa shape index (κ3) is 3.65. The number of nitrogens with zero attached hydrogens (tertiary/aromatic N) is 2. The number of esters is 1. The zero-order valence-corrected chi connectivity index (χ0v) is 12.1. The molecule has 0 bridgehead atoms. The molecule has 0 aromatic heterocycles. The van der Waals surface area contributed by atoms with Crippen LogP contribution in [0.3, 0.4) is 0 Å². The van der Waals surface area contributed by atoms with E-state index in [4.69, 9.17) is 5.53 Å². The highest BCUT2D eigenvalue weighted by Crippen LogP contribution is 2.25. The van der Waals surface area contributed by atoms with Gasteiger partial charge in [0.25, 0.3) is 9.84 Å². The fourth-order valence-electron chi connectivity index (χ4n) is 1.40. The van der Waals surface area contributed by atoms with Gasteiger partial charge in [0.15, 0.2) is 0 Å². The van der Waals surface area contributed by atoms with Crippen LogP contribution in [0.5, 0.6) is 0 Å². The number of carbonyl (C=O) groups excluding carboxylic acids is 1. The summed E-state index contributed by atoms with van der Waals surface area (Å²) in [5.74, 6) is -1.12. The Labute approximate surface area is 108 Å². The van der Waals surface area contributed by atoms with Crippen molar-refractivity contribution in [2.24, 2.45) is 0 Å². The number of sulfone groups is 1. The summed E-state index contributed by atoms with van der Waals surface area (Å²) in [6.45, 7) is 6.50. The van der Waals surface area contributed by atoms with Crippen LogP contribution in [-0.2, 0) is 19.4 Å². The van der Waals surface area contributed by atoms with Gasteiger partial charge in [0.2, 0.25) is 0 Å². The molecule has 0 N–H and O–H groups in total. The van der Waals surface area contributed by atoms with Crippen molar-refractivity contribution >= 4 is 20.9 Å². The van der Waals surface area contributed by atoms with E-state index in [1.165, 1.54) is 13.8 Å². The molecule has 0 saturated carbocycles. The molecular formula is C11H20N2O4S. The van der Waals surface area contributed by atoms with Crippen molar-refractivity contribution in [3.63, 3.8) is 0 Å². The van der Waals surface area contributed by atoms with Crippen molar-refractivity contribution in [2.75, 3.05) is 6.61 Å². The average Bonchev–Trinajstić information content (AvgIpc) is 2.27. The quantitative estimate of drug-likeness (QED) is 0.250. The minimum atomic E-state index is -4.02. The van der Waals surface area contributed by atoms with Crippen LogP contribution in [0.15, 0.2) is 0 Å². The summed E-state index contributed by atoms with van der Waals surface area (Å²) in [6.07, 6.45) is 1.92. The number of hydrogen-bond donors (Lipinski definition) is 0. The molecule has 0 amide bonds. The lowest BCUT2D eigenvalue weighted by Crippen LogP contribution is -2.41. The van der Waals surface area contributed by atoms with E-state index in [9.17, 15) is 13.2 Å². The van der Waals surface area contributed by atoms with E-state index in [-0.39, 0.29) is 6.61 Å². The minimum absolute atomic E-state index is 0.0166. The molecule has 0 aliphatic rings. The summed E-state index contributed by atoms with van der Waals surface area (Å²) in [5, 5.41) is -0.926. The van der Waals surface area contributed by atoms with Crippen molar-refractivity contribution in [3.05, 3.63) is 5.53 Å². The van der Waals surface area contributed by atoms with Gasteiger partial charge in [0, 0.05) is 0 Å². The summed E-state index contributed by atoms with van der Waals surface area (Å²) in [6, 6.07) is 0. The van der Waals surface area contributed by atoms with Crippen molar-refractivity contribution in [1.82, 2.24) is 0 Å². The standard InChI is InChI=1S/C11H20N2O4S/c1-5-7-8-11(3,4)18(15,16)9(13-12)10(14)17-6-2/h5-8H2,1-4H3. The summed E-state index contributed by atoms with van der Waals surface area (Å²) < 4.78 is 27.8. The summed E-state index contributed by atoms with van der Waals surface area (Å²) in [5.41, 5.74) is 8.76. The summed E-state index contributed by atoms with van der Waals surface area (Å²) >= 11 is 0. The maximum atomic E-state index is 12.2. The lowest BCUT2D eigenvalue weighted by Gasteiger charge is -2.21. The maximum absolute atomic E-state index is 12.2. The fourth-order valence-corrected chi connectivity index (χ4v) is 2.72. The molecule has 18 heavy (non-hydrogen) atoms. The fraction of sp³-hybridized carbons (Fsp3) is 0.818. The van der Waals surface area contributed by atoms with Gasteiger partial charge >= 0.3 is 11.0 Å². The van der Waals surface area contributed by atoms with Gasteiger partial charge in [-0.1, -0.05) is 19.8 Å². The molecule has 0 heterocycles. The molecule has 104 valence electrons. The largest absolute Gasteiger partial charge is 0.489 e. The van der Waals surface area contributed by atoms with E-state index in [1.54, 1.807) is 6.92 Å². The molecule has 0 unspecified atom stereocenters. The molecule has 0 aliphatic heterocycles. The van der Waals surface area contributed by atoms with Gasteiger partial charge in [-0.3, -0.25) is 0 Å². The Morgan fingerprint density at radius 3 is 2.28 bits per heavy atom. The van der Waals surface area contributed by atoms with E-state index < -0.39 is 25.6 Å². The molecule has 0 rings (SSSR count). The molecule has 0 atom stereocenters. The smallest absolute Gasteiger partial charge is 0.457 e. The first kappa shape index (κ1) is 16.8. The molecule has 0 fully saturated rings. The third-order valence-corrected chi connectivity index (χ3v) is 5.07. The van der Waals surface area contributed by atoms with E-state index in [2.05, 4.69) is 9.53 Å². The van der Waals surface area contributed by atoms with Crippen molar-refractivity contribution in [1.29, 1.82) is 0 Å². The van der Waals surface area contributed by atoms with Gasteiger partial charge in [-0.2, -0.15) is 0 Å². The summed E-state index contributed by atoms with van der Waals surface area (Å²) in [7, 11) is -4.02. The van der Waals surface area contributed by atoms with Crippen LogP contribution < -0.4 is 0 Å². The minimum Gasteiger partial charge on any atom is -0.457 e. The Morgan fingerprint density at radius 2 is 1.89 bits per heavy atom. The van der Waals surface area contributed by atoms with Crippen LogP contribution in [0, 0.1) is 0 Å². The van der Waals surface area contributed by atoms with Crippen molar-refractivity contribution in [3.8, 4) is 0 Å². The lowest BCUT2D eigenvalue weighted by atomic mass is 10.1. The second kappa shape index (κ2) is 6.66. The summed E-state index contributed by atoms with van der Waals surface area (Å²) in [4.78, 5) is 14.1. The van der Waals surface area contributed by atoms with Gasteiger partial charge < -0.3 is 10.3 Å². The van der Waals surface area contributed by atoms with E-state index in [0.29, 0.717) is 12.8 Å². The zero-order valence-electron chi connectivity index (χ0n) is 11.3. The Morgan fingerprint density at radius 1 is 1.33 bits per heavy atom. The molecule has 0 radical (unpaired) electrons. The number of hydrogen-bond acceptors (Lipinski definition) is 4. The van der Waals surface area contributed by atoms with Crippen LogP contribution >= 0.6 is 0 Å². The zero-order chi connectivity index (χ0) is 14.4. The number of ether oxygens (including phenoxy) is 1. The van der Waals surface area contributed by atoms with Crippen molar-refractivity contribution < 1.29 is 22.7 Å². The number of rotatable bonds is 5. The second-order valence-electron chi connectivity index (χ2n) is 4.49. The topological polar surface area (TPSA) is 96.8 Å². The predicted molar refractivity (Wildman–Crippen MR) is 67.8 cm³/mol. The highest BCUT2D eigenvalue weighted by atomic mass is 32.2. The molecule has 0 spiro atoms. The average molecular weight is 276 g/mol. The molecule has 0 saturated heterocycles. The molecule has 6 nitrogen and oxygen atoms in total. The van der Waals surface area contributed by atoms with Gasteiger partial charge in [-0.25, -0.2) is 13.2 Å². The van der Waals surface area contributed by atoms with Gasteiger partial charge in [-0.15, -0.1) is 4.79 Å². The lowest BCUT2D eigenvalue weighted by molar-refractivity contribution is -0.138. The SMILES string of the molecule is CCCCC(C)(C)S(=O)(=O)C(=[N+]=[N-])C(=O)OCC. The van der Waals surface area contributed by atoms with Gasteiger partial charge in [0.05, 0.1) is 11.4 Å². The molecule has 7 heteroatoms. The predicted octanol–water partition coefficient (Wildman–Crippen LogP) is 1.56. The number of carbonyl (C=O) groups is 1. The van der Waals surface area contributed by atoms with Crippen molar-refractivity contribution in [2.45, 2.75) is 51.7 Å². The van der Waals surface area contributed by atoms with E-state index in [0.717, 1.165) is 6.42 Å². The second-order valence-corrected chi connectivity index (χ2v) is 6.99. The first-order valence-electron chi connectivity index (χ1n) is 5.88. The first-order valence-corrected chi connectivity index (χ1v) is 7.36. The monoisotopic (exact) mass is 276 g/mol. The Bertz CT molecular complexity index is 448. The van der Waals surface area contributed by atoms with Gasteiger partial charge in [-0.05, 0) is 27.2 Å². The van der Waals surface area contributed by atoms with Crippen LogP contribution in [0.1, 0.15) is 47.0 Å². The first-order chi connectivity index (χ1) is 8.24. The Kier molecular flexibility index (Phi) is 6.21. The van der Waals surface area contributed by atoms with Gasteiger partial charge in [0.1, 0.15) is 0 Å². The molecular weight excluding hydrogens is 256 g/mol. The third-order valence-electron chi connectivity index (χ3n) is 2.66. The molecule has 0 aromatic carbocycles. The normalized spacial score (nSPS) is 11.8. The molecule has 0 aromatic rings. The van der Waals surface area contributed by atoms with E-state index in [1.807, 2.05) is 6.92 Å². The maximum Gasteiger partial charge on any atom is 0.489 e. The Balaban J connectivity index is 5.35. The van der Waals surface area contributed by atoms with Crippen LogP contribution in [-0.4, -0.2) is 35.6 Å². The highest BCUT2D eigenvalue weighted by molar-refractivity contribution is 8.09. The van der Waals surface area contributed by atoms with Crippen LogP contribution in [0.4, 0.5) is 0 Å². The van der Waals surface area contributed by atoms with Crippen LogP contribution in [0.2, 0.25) is 0 Å². The molecule has 0 aliphatic carbocycles.